The van der Waals surface area contributed by atoms with Gasteiger partial charge in [0, 0.05) is 50.2 Å². The molecule has 4 rings (SSSR count). The lowest BCUT2D eigenvalue weighted by atomic mass is 10.0. The number of aromatic nitrogens is 2. The summed E-state index contributed by atoms with van der Waals surface area (Å²) in [7, 11) is 0. The zero-order valence-electron chi connectivity index (χ0n) is 16.3. The van der Waals surface area contributed by atoms with Crippen LogP contribution in [0.15, 0.2) is 35.6 Å². The third-order valence-corrected chi connectivity index (χ3v) is 5.59. The number of likely N-dealkylation sites (tertiary alicyclic amines) is 1. The van der Waals surface area contributed by atoms with Crippen molar-refractivity contribution >= 4 is 28.7 Å². The van der Waals surface area contributed by atoms with E-state index in [1.165, 1.54) is 11.9 Å². The van der Waals surface area contributed by atoms with E-state index in [1.807, 2.05) is 12.4 Å². The maximum Gasteiger partial charge on any atom is 0.222 e. The van der Waals surface area contributed by atoms with Crippen LogP contribution in [0, 0.1) is 11.8 Å². The number of aliphatic imine (C=N–C) groups is 1. The Kier molecular flexibility index (Phi) is 5.10. The Morgan fingerprint density at radius 1 is 1.22 bits per heavy atom. The Labute approximate surface area is 160 Å². The zero-order valence-corrected chi connectivity index (χ0v) is 16.3. The molecule has 2 aliphatic heterocycles. The first-order valence-corrected chi connectivity index (χ1v) is 10.1. The van der Waals surface area contributed by atoms with Crippen LogP contribution in [0.2, 0.25) is 0 Å². The molecule has 142 valence electrons. The van der Waals surface area contributed by atoms with Crippen molar-refractivity contribution < 1.29 is 4.79 Å². The van der Waals surface area contributed by atoms with Gasteiger partial charge in [-0.05, 0) is 49.3 Å². The lowest BCUT2D eigenvalue weighted by Crippen LogP contribution is -2.32. The molecule has 0 spiro atoms. The first kappa shape index (κ1) is 18.0. The van der Waals surface area contributed by atoms with E-state index < -0.39 is 0 Å². The molecule has 5 nitrogen and oxygen atoms in total. The van der Waals surface area contributed by atoms with Gasteiger partial charge in [0.2, 0.25) is 5.91 Å². The largest absolute Gasteiger partial charge is 0.346 e. The summed E-state index contributed by atoms with van der Waals surface area (Å²) in [5.41, 5.74) is 4.31. The van der Waals surface area contributed by atoms with Crippen molar-refractivity contribution in [2.24, 2.45) is 16.8 Å². The molecule has 2 aliphatic rings. The van der Waals surface area contributed by atoms with E-state index in [9.17, 15) is 4.79 Å². The molecule has 2 aromatic rings. The summed E-state index contributed by atoms with van der Waals surface area (Å²) in [6.07, 6.45) is 9.88. The summed E-state index contributed by atoms with van der Waals surface area (Å²) >= 11 is 0. The van der Waals surface area contributed by atoms with Gasteiger partial charge >= 0.3 is 0 Å². The Morgan fingerprint density at radius 3 is 2.81 bits per heavy atom. The molecule has 0 saturated carbocycles. The van der Waals surface area contributed by atoms with E-state index >= 15 is 0 Å². The quantitative estimate of drug-likeness (QED) is 0.801. The summed E-state index contributed by atoms with van der Waals surface area (Å²) in [5.74, 6) is 1.36. The van der Waals surface area contributed by atoms with Crippen LogP contribution in [0.25, 0.3) is 16.6 Å². The molecule has 27 heavy (non-hydrogen) atoms. The Bertz CT molecular complexity index is 893. The van der Waals surface area contributed by atoms with Gasteiger partial charge in [-0.3, -0.25) is 9.79 Å². The number of hydrogen-bond acceptors (Lipinski definition) is 3. The van der Waals surface area contributed by atoms with E-state index in [4.69, 9.17) is 4.98 Å². The molecule has 0 radical (unpaired) electrons. The molecule has 0 aliphatic carbocycles. The number of rotatable bonds is 5. The molecular weight excluding hydrogens is 336 g/mol. The smallest absolute Gasteiger partial charge is 0.222 e. The number of carbonyl (C=O) groups is 1. The van der Waals surface area contributed by atoms with Crippen molar-refractivity contribution in [3.8, 4) is 0 Å². The second kappa shape index (κ2) is 7.67. The molecule has 1 amide bonds. The van der Waals surface area contributed by atoms with Gasteiger partial charge in [0.15, 0.2) is 0 Å². The van der Waals surface area contributed by atoms with Gasteiger partial charge < -0.3 is 9.47 Å². The highest BCUT2D eigenvalue weighted by Gasteiger charge is 2.21. The van der Waals surface area contributed by atoms with Crippen LogP contribution in [0.3, 0.4) is 0 Å². The van der Waals surface area contributed by atoms with Crippen molar-refractivity contribution in [3.63, 3.8) is 0 Å². The molecule has 1 unspecified atom stereocenters. The van der Waals surface area contributed by atoms with Crippen LogP contribution in [-0.2, 0) is 11.3 Å². The second-order valence-corrected chi connectivity index (χ2v) is 8.21. The van der Waals surface area contributed by atoms with Crippen LogP contribution in [-0.4, -0.2) is 39.7 Å². The molecule has 0 N–H and O–H groups in total. The first-order chi connectivity index (χ1) is 13.1. The van der Waals surface area contributed by atoms with E-state index in [0.717, 1.165) is 49.3 Å². The molecule has 1 atom stereocenters. The van der Waals surface area contributed by atoms with Gasteiger partial charge in [0.1, 0.15) is 0 Å². The first-order valence-electron chi connectivity index (χ1n) is 10.1. The van der Waals surface area contributed by atoms with Crippen molar-refractivity contribution in [1.29, 1.82) is 0 Å². The fourth-order valence-corrected chi connectivity index (χ4v) is 4.03. The normalized spacial score (nSPS) is 19.9. The Balaban J connectivity index is 1.41. The maximum absolute atomic E-state index is 12.4. The van der Waals surface area contributed by atoms with E-state index in [2.05, 4.69) is 52.7 Å². The van der Waals surface area contributed by atoms with E-state index in [0.29, 0.717) is 24.2 Å². The van der Waals surface area contributed by atoms with E-state index in [-0.39, 0.29) is 0 Å². The highest BCUT2D eigenvalue weighted by molar-refractivity contribution is 6.14. The third kappa shape index (κ3) is 3.97. The van der Waals surface area contributed by atoms with Crippen molar-refractivity contribution in [2.45, 2.75) is 46.1 Å². The summed E-state index contributed by atoms with van der Waals surface area (Å²) in [6.45, 7) is 7.04. The number of pyridine rings is 1. The molecule has 2 aromatic heterocycles. The van der Waals surface area contributed by atoms with Gasteiger partial charge in [0.25, 0.3) is 0 Å². The van der Waals surface area contributed by atoms with Crippen LogP contribution in [0.4, 0.5) is 0 Å². The average molecular weight is 364 g/mol. The molecule has 1 fully saturated rings. The zero-order chi connectivity index (χ0) is 18.8. The van der Waals surface area contributed by atoms with Crippen LogP contribution in [0.5, 0.6) is 0 Å². The predicted molar refractivity (Wildman–Crippen MR) is 110 cm³/mol. The monoisotopic (exact) mass is 364 g/mol. The second-order valence-electron chi connectivity index (χ2n) is 8.21. The minimum atomic E-state index is 0.322. The number of hydrogen-bond donors (Lipinski definition) is 0. The van der Waals surface area contributed by atoms with Crippen LogP contribution in [0.1, 0.15) is 45.2 Å². The van der Waals surface area contributed by atoms with Crippen molar-refractivity contribution in [3.05, 3.63) is 36.3 Å². The fourth-order valence-electron chi connectivity index (χ4n) is 4.03. The topological polar surface area (TPSA) is 50.5 Å². The number of carbonyl (C=O) groups excluding carboxylic acids is 1. The SMILES string of the molecule is CC(C)CC(=O)N1CCCC(Cn2ccc3nc(C4=CN=C4)ccc32)CC1. The number of allylic oxidation sites excluding steroid dienone is 1. The molecule has 0 bridgehead atoms. The molecule has 4 heterocycles. The summed E-state index contributed by atoms with van der Waals surface area (Å²) in [4.78, 5) is 23.2. The average Bonchev–Trinajstić information content (AvgIpc) is 2.82. The van der Waals surface area contributed by atoms with Gasteiger partial charge in [-0.1, -0.05) is 13.8 Å². The van der Waals surface area contributed by atoms with Crippen LogP contribution >= 0.6 is 0 Å². The lowest BCUT2D eigenvalue weighted by Gasteiger charge is -2.22. The standard InChI is InChI=1S/C22H28N4O/c1-16(2)12-22(27)25-9-3-4-17(7-10-25)15-26-11-8-20-21(26)6-5-19(24-20)18-13-23-14-18/h5-6,8,11,13-14,16-17H,3-4,7,9-10,12,15H2,1-2H3. The van der Waals surface area contributed by atoms with Gasteiger partial charge in [-0.2, -0.15) is 0 Å². The Morgan fingerprint density at radius 2 is 2.07 bits per heavy atom. The van der Waals surface area contributed by atoms with Gasteiger partial charge in [-0.25, -0.2) is 4.98 Å². The maximum atomic E-state index is 12.4. The molecule has 1 saturated heterocycles. The number of nitrogens with zero attached hydrogens (tertiary/aromatic N) is 4. The van der Waals surface area contributed by atoms with Crippen LogP contribution < -0.4 is 0 Å². The highest BCUT2D eigenvalue weighted by atomic mass is 16.2. The lowest BCUT2D eigenvalue weighted by molar-refractivity contribution is -0.131. The molecular formula is C22H28N4O. The van der Waals surface area contributed by atoms with Gasteiger partial charge in [0.05, 0.1) is 16.7 Å². The predicted octanol–water partition coefficient (Wildman–Crippen LogP) is 4.14. The third-order valence-electron chi connectivity index (χ3n) is 5.59. The number of amides is 1. The van der Waals surface area contributed by atoms with E-state index in [1.54, 1.807) is 0 Å². The fraction of sp³-hybridized carbons (Fsp3) is 0.500. The van der Waals surface area contributed by atoms with Crippen molar-refractivity contribution in [1.82, 2.24) is 14.5 Å². The Hall–Kier alpha value is -2.43. The summed E-state index contributed by atoms with van der Waals surface area (Å²) in [5, 5.41) is 0. The summed E-state index contributed by atoms with van der Waals surface area (Å²) in [6, 6.07) is 6.35. The highest BCUT2D eigenvalue weighted by Crippen LogP contribution is 2.25. The van der Waals surface area contributed by atoms with Gasteiger partial charge in [-0.15, -0.1) is 0 Å². The summed E-state index contributed by atoms with van der Waals surface area (Å²) < 4.78 is 2.33. The molecule has 5 heteroatoms. The van der Waals surface area contributed by atoms with Crippen molar-refractivity contribution in [2.75, 3.05) is 13.1 Å². The minimum absolute atomic E-state index is 0.322. The number of fused-ring (bicyclic) bond motifs is 1. The molecule has 0 aromatic carbocycles. The minimum Gasteiger partial charge on any atom is -0.346 e.